The highest BCUT2D eigenvalue weighted by atomic mass is 16.5. The highest BCUT2D eigenvalue weighted by molar-refractivity contribution is 5.96. The second-order valence-electron chi connectivity index (χ2n) is 2.32. The molecule has 68 valence electrons. The van der Waals surface area contributed by atoms with Crippen molar-refractivity contribution in [2.24, 2.45) is 5.73 Å². The van der Waals surface area contributed by atoms with Crippen LogP contribution in [0.4, 0.5) is 0 Å². The van der Waals surface area contributed by atoms with Crippen LogP contribution in [0.5, 0.6) is 0 Å². The van der Waals surface area contributed by atoms with E-state index in [9.17, 15) is 9.59 Å². The molecule has 0 aliphatic heterocycles. The monoisotopic (exact) mass is 180 g/mol. The summed E-state index contributed by atoms with van der Waals surface area (Å²) in [6.07, 6.45) is 2.59. The van der Waals surface area contributed by atoms with Crippen LogP contribution in [0.1, 0.15) is 20.7 Å². The molecular weight excluding hydrogens is 172 g/mol. The SMILES string of the molecule is COC(=O)c1cncc(C(N)=O)c1. The van der Waals surface area contributed by atoms with E-state index >= 15 is 0 Å². The van der Waals surface area contributed by atoms with Gasteiger partial charge in [-0.15, -0.1) is 0 Å². The number of carbonyl (C=O) groups excluding carboxylic acids is 2. The van der Waals surface area contributed by atoms with Crippen molar-refractivity contribution in [3.05, 3.63) is 29.6 Å². The first kappa shape index (κ1) is 9.18. The molecule has 0 aliphatic carbocycles. The molecule has 0 saturated heterocycles. The summed E-state index contributed by atoms with van der Waals surface area (Å²) in [5.74, 6) is -1.17. The highest BCUT2D eigenvalue weighted by Gasteiger charge is 2.08. The third-order valence-electron chi connectivity index (χ3n) is 1.44. The molecule has 0 atom stereocenters. The molecule has 0 bridgehead atoms. The number of ether oxygens (including phenoxy) is 1. The van der Waals surface area contributed by atoms with E-state index in [2.05, 4.69) is 9.72 Å². The average Bonchev–Trinajstić information content (AvgIpc) is 2.17. The third kappa shape index (κ3) is 2.02. The Morgan fingerprint density at radius 2 is 2.00 bits per heavy atom. The van der Waals surface area contributed by atoms with Gasteiger partial charge in [-0.05, 0) is 6.07 Å². The number of primary amides is 1. The van der Waals surface area contributed by atoms with Gasteiger partial charge in [-0.25, -0.2) is 4.79 Å². The summed E-state index contributed by atoms with van der Waals surface area (Å²) in [6, 6.07) is 1.33. The van der Waals surface area contributed by atoms with E-state index in [0.29, 0.717) is 0 Å². The van der Waals surface area contributed by atoms with Crippen LogP contribution in [0.15, 0.2) is 18.5 Å². The number of hydrogen-bond donors (Lipinski definition) is 1. The lowest BCUT2D eigenvalue weighted by Crippen LogP contribution is -2.13. The number of aromatic nitrogens is 1. The summed E-state index contributed by atoms with van der Waals surface area (Å²) in [5, 5.41) is 0. The van der Waals surface area contributed by atoms with E-state index in [1.807, 2.05) is 0 Å². The van der Waals surface area contributed by atoms with Crippen molar-refractivity contribution in [3.8, 4) is 0 Å². The molecule has 0 unspecified atom stereocenters. The summed E-state index contributed by atoms with van der Waals surface area (Å²) in [5.41, 5.74) is 5.38. The lowest BCUT2D eigenvalue weighted by Gasteiger charge is -1.99. The minimum atomic E-state index is -0.627. The Labute approximate surface area is 74.5 Å². The largest absolute Gasteiger partial charge is 0.465 e. The molecule has 0 saturated carbocycles. The molecule has 5 heteroatoms. The molecule has 1 aromatic heterocycles. The quantitative estimate of drug-likeness (QED) is 0.647. The van der Waals surface area contributed by atoms with Gasteiger partial charge >= 0.3 is 5.97 Å². The molecule has 0 spiro atoms. The first-order valence-corrected chi connectivity index (χ1v) is 3.48. The van der Waals surface area contributed by atoms with E-state index in [4.69, 9.17) is 5.73 Å². The van der Waals surface area contributed by atoms with Gasteiger partial charge in [0.1, 0.15) is 0 Å². The number of rotatable bonds is 2. The van der Waals surface area contributed by atoms with Gasteiger partial charge in [0.2, 0.25) is 5.91 Å². The number of methoxy groups -OCH3 is 1. The number of nitrogens with zero attached hydrogens (tertiary/aromatic N) is 1. The van der Waals surface area contributed by atoms with E-state index in [0.717, 1.165) is 0 Å². The predicted octanol–water partition coefficient (Wildman–Crippen LogP) is -0.0329. The van der Waals surface area contributed by atoms with Crippen molar-refractivity contribution in [1.82, 2.24) is 4.98 Å². The third-order valence-corrected chi connectivity index (χ3v) is 1.44. The van der Waals surface area contributed by atoms with Crippen molar-refractivity contribution in [3.63, 3.8) is 0 Å². The Bertz CT molecular complexity index is 349. The average molecular weight is 180 g/mol. The molecule has 1 rings (SSSR count). The zero-order valence-corrected chi connectivity index (χ0v) is 6.98. The molecule has 0 radical (unpaired) electrons. The second kappa shape index (κ2) is 3.66. The molecule has 1 aromatic rings. The topological polar surface area (TPSA) is 82.3 Å². The summed E-state index contributed by atoms with van der Waals surface area (Å²) >= 11 is 0. The van der Waals surface area contributed by atoms with Gasteiger partial charge < -0.3 is 10.5 Å². The number of nitrogens with two attached hydrogens (primary N) is 1. The minimum Gasteiger partial charge on any atom is -0.465 e. The van der Waals surface area contributed by atoms with Crippen LogP contribution in [-0.2, 0) is 4.74 Å². The van der Waals surface area contributed by atoms with Crippen LogP contribution in [0, 0.1) is 0 Å². The number of hydrogen-bond acceptors (Lipinski definition) is 4. The molecule has 5 nitrogen and oxygen atoms in total. The van der Waals surface area contributed by atoms with Gasteiger partial charge in [0, 0.05) is 12.4 Å². The first-order valence-electron chi connectivity index (χ1n) is 3.48. The maximum atomic E-state index is 11.0. The molecule has 1 amide bonds. The van der Waals surface area contributed by atoms with Crippen LogP contribution in [0.3, 0.4) is 0 Å². The molecular formula is C8H8N2O3. The van der Waals surface area contributed by atoms with Gasteiger partial charge in [0.25, 0.3) is 0 Å². The number of esters is 1. The van der Waals surface area contributed by atoms with Crippen LogP contribution in [0.25, 0.3) is 0 Å². The smallest absolute Gasteiger partial charge is 0.339 e. The van der Waals surface area contributed by atoms with Gasteiger partial charge in [-0.1, -0.05) is 0 Å². The number of amides is 1. The van der Waals surface area contributed by atoms with Gasteiger partial charge in [0.05, 0.1) is 18.2 Å². The van der Waals surface area contributed by atoms with Gasteiger partial charge in [0.15, 0.2) is 0 Å². The predicted molar refractivity (Wildman–Crippen MR) is 44.1 cm³/mol. The molecule has 0 fully saturated rings. The maximum absolute atomic E-state index is 11.0. The van der Waals surface area contributed by atoms with Crippen LogP contribution >= 0.6 is 0 Å². The van der Waals surface area contributed by atoms with Crippen molar-refractivity contribution in [2.45, 2.75) is 0 Å². The fourth-order valence-electron chi connectivity index (χ4n) is 0.804. The van der Waals surface area contributed by atoms with E-state index < -0.39 is 11.9 Å². The molecule has 0 aliphatic rings. The maximum Gasteiger partial charge on any atom is 0.339 e. The Morgan fingerprint density at radius 1 is 1.38 bits per heavy atom. The second-order valence-corrected chi connectivity index (χ2v) is 2.32. The van der Waals surface area contributed by atoms with E-state index in [1.54, 1.807) is 0 Å². The van der Waals surface area contributed by atoms with Crippen LogP contribution in [-0.4, -0.2) is 24.0 Å². The number of carbonyl (C=O) groups is 2. The van der Waals surface area contributed by atoms with E-state index in [-0.39, 0.29) is 11.1 Å². The Hall–Kier alpha value is -1.91. The summed E-state index contributed by atoms with van der Waals surface area (Å²) in [6.45, 7) is 0. The normalized spacial score (nSPS) is 9.31. The van der Waals surface area contributed by atoms with Crippen molar-refractivity contribution in [1.29, 1.82) is 0 Å². The van der Waals surface area contributed by atoms with Gasteiger partial charge in [-0.3, -0.25) is 9.78 Å². The van der Waals surface area contributed by atoms with Crippen molar-refractivity contribution < 1.29 is 14.3 Å². The first-order chi connectivity index (χ1) is 6.15. The van der Waals surface area contributed by atoms with E-state index in [1.165, 1.54) is 25.6 Å². The molecule has 1 heterocycles. The zero-order valence-electron chi connectivity index (χ0n) is 6.98. The van der Waals surface area contributed by atoms with Crippen LogP contribution in [0.2, 0.25) is 0 Å². The highest BCUT2D eigenvalue weighted by Crippen LogP contribution is 2.03. The minimum absolute atomic E-state index is 0.183. The Morgan fingerprint density at radius 3 is 2.54 bits per heavy atom. The zero-order chi connectivity index (χ0) is 9.84. The summed E-state index contributed by atoms with van der Waals surface area (Å²) < 4.78 is 4.44. The van der Waals surface area contributed by atoms with Crippen molar-refractivity contribution in [2.75, 3.05) is 7.11 Å². The summed E-state index contributed by atoms with van der Waals surface area (Å²) in [4.78, 5) is 25.3. The molecule has 0 aromatic carbocycles. The Kier molecular flexibility index (Phi) is 2.59. The molecule has 2 N–H and O–H groups in total. The standard InChI is InChI=1S/C8H8N2O3/c1-13-8(12)6-2-5(7(9)11)3-10-4-6/h2-4H,1H3,(H2,9,11). The molecule has 13 heavy (non-hydrogen) atoms. The van der Waals surface area contributed by atoms with Crippen LogP contribution < -0.4 is 5.73 Å². The lowest BCUT2D eigenvalue weighted by atomic mass is 10.2. The lowest BCUT2D eigenvalue weighted by molar-refractivity contribution is 0.0600. The fourth-order valence-corrected chi connectivity index (χ4v) is 0.804. The fraction of sp³-hybridized carbons (Fsp3) is 0.125. The Balaban J connectivity index is 3.05. The van der Waals surface area contributed by atoms with Gasteiger partial charge in [-0.2, -0.15) is 0 Å². The summed E-state index contributed by atoms with van der Waals surface area (Å²) in [7, 11) is 1.25. The number of pyridine rings is 1. The van der Waals surface area contributed by atoms with Crippen molar-refractivity contribution >= 4 is 11.9 Å².